The van der Waals surface area contributed by atoms with E-state index in [2.05, 4.69) is 46.7 Å². The molecule has 23 heavy (non-hydrogen) atoms. The van der Waals surface area contributed by atoms with Gasteiger partial charge in [0.15, 0.2) is 0 Å². The lowest BCUT2D eigenvalue weighted by molar-refractivity contribution is -0.121. The Kier molecular flexibility index (Phi) is 4.82. The molecule has 0 bridgehead atoms. The number of aromatic nitrogens is 2. The quantitative estimate of drug-likeness (QED) is 0.908. The third-order valence-electron chi connectivity index (χ3n) is 4.45. The summed E-state index contributed by atoms with van der Waals surface area (Å²) in [5.41, 5.74) is 0. The number of thiophene rings is 1. The molecule has 0 spiro atoms. The van der Waals surface area contributed by atoms with Gasteiger partial charge in [-0.05, 0) is 51.6 Å². The van der Waals surface area contributed by atoms with Gasteiger partial charge in [0.2, 0.25) is 5.91 Å². The van der Waals surface area contributed by atoms with Crippen molar-refractivity contribution in [3.05, 3.63) is 34.7 Å². The molecule has 2 aromatic rings. The van der Waals surface area contributed by atoms with Gasteiger partial charge in [0, 0.05) is 23.0 Å². The number of likely N-dealkylation sites (tertiary alicyclic amines) is 1. The van der Waals surface area contributed by atoms with Gasteiger partial charge in [-0.2, -0.15) is 5.10 Å². The van der Waals surface area contributed by atoms with E-state index in [1.807, 2.05) is 17.7 Å². The predicted molar refractivity (Wildman–Crippen MR) is 93.7 cm³/mol. The molecular formula is C17H24N4OS. The van der Waals surface area contributed by atoms with Gasteiger partial charge >= 0.3 is 0 Å². The second kappa shape index (κ2) is 6.84. The van der Waals surface area contributed by atoms with E-state index in [1.54, 1.807) is 17.5 Å². The molecule has 2 atom stereocenters. The number of carbonyl (C=O) groups excluding carboxylic acids is 1. The largest absolute Gasteiger partial charge is 0.310 e. The molecule has 2 aromatic heterocycles. The van der Waals surface area contributed by atoms with Gasteiger partial charge in [-0.25, -0.2) is 4.68 Å². The summed E-state index contributed by atoms with van der Waals surface area (Å²) in [6.45, 7) is 7.08. The van der Waals surface area contributed by atoms with Crippen molar-refractivity contribution in [1.29, 1.82) is 0 Å². The van der Waals surface area contributed by atoms with Crippen molar-refractivity contribution in [2.24, 2.45) is 0 Å². The van der Waals surface area contributed by atoms with Gasteiger partial charge in [-0.3, -0.25) is 9.69 Å². The summed E-state index contributed by atoms with van der Waals surface area (Å²) in [6, 6.07) is 6.55. The molecule has 0 radical (unpaired) electrons. The molecule has 1 aliphatic rings. The molecule has 0 aromatic carbocycles. The summed E-state index contributed by atoms with van der Waals surface area (Å²) < 4.78 is 1.84. The fourth-order valence-corrected chi connectivity index (χ4v) is 4.13. The second-order valence-corrected chi connectivity index (χ2v) is 7.31. The van der Waals surface area contributed by atoms with Crippen LogP contribution in [-0.4, -0.2) is 33.2 Å². The van der Waals surface area contributed by atoms with Crippen molar-refractivity contribution < 1.29 is 4.79 Å². The topological polar surface area (TPSA) is 50.2 Å². The van der Waals surface area contributed by atoms with E-state index in [0.717, 1.165) is 25.2 Å². The first-order chi connectivity index (χ1) is 11.1. The molecular weight excluding hydrogens is 308 g/mol. The molecule has 1 N–H and O–H groups in total. The van der Waals surface area contributed by atoms with Crippen molar-refractivity contribution in [2.45, 2.75) is 51.7 Å². The summed E-state index contributed by atoms with van der Waals surface area (Å²) >= 11 is 1.78. The van der Waals surface area contributed by atoms with Gasteiger partial charge in [0.05, 0.1) is 12.2 Å². The van der Waals surface area contributed by atoms with Crippen LogP contribution in [0, 0.1) is 0 Å². The predicted octanol–water partition coefficient (Wildman–Crippen LogP) is 3.69. The Balaban J connectivity index is 1.70. The number of carbonyl (C=O) groups is 1. The molecule has 1 amide bonds. The van der Waals surface area contributed by atoms with E-state index in [-0.39, 0.29) is 18.0 Å². The molecule has 3 rings (SSSR count). The first-order valence-electron chi connectivity index (χ1n) is 8.21. The molecule has 124 valence electrons. The average molecular weight is 332 g/mol. The zero-order chi connectivity index (χ0) is 16.4. The Morgan fingerprint density at radius 1 is 1.39 bits per heavy atom. The van der Waals surface area contributed by atoms with Crippen molar-refractivity contribution in [3.63, 3.8) is 0 Å². The molecule has 1 fully saturated rings. The summed E-state index contributed by atoms with van der Waals surface area (Å²) in [6.07, 6.45) is 4.00. The lowest BCUT2D eigenvalue weighted by atomic mass is 10.1. The van der Waals surface area contributed by atoms with Crippen LogP contribution >= 0.6 is 11.3 Å². The smallest absolute Gasteiger partial charge is 0.242 e. The molecule has 1 aliphatic heterocycles. The minimum atomic E-state index is -0.153. The van der Waals surface area contributed by atoms with Crippen LogP contribution in [0.25, 0.3) is 0 Å². The number of amides is 1. The van der Waals surface area contributed by atoms with Crippen LogP contribution in [0.3, 0.4) is 0 Å². The minimum absolute atomic E-state index is 0.0378. The molecule has 0 saturated carbocycles. The molecule has 3 heterocycles. The Bertz CT molecular complexity index is 649. The summed E-state index contributed by atoms with van der Waals surface area (Å²) in [4.78, 5) is 16.4. The SMILES string of the molecule is CC(C(=O)Nc1ccnn1C(C)C)N1CCCC1c1cccs1. The third-order valence-corrected chi connectivity index (χ3v) is 5.43. The van der Waals surface area contributed by atoms with Crippen LogP contribution < -0.4 is 5.32 Å². The maximum atomic E-state index is 12.7. The maximum absolute atomic E-state index is 12.7. The van der Waals surface area contributed by atoms with Crippen molar-refractivity contribution in [1.82, 2.24) is 14.7 Å². The van der Waals surface area contributed by atoms with Crippen LogP contribution in [0.1, 0.15) is 50.6 Å². The summed E-state index contributed by atoms with van der Waals surface area (Å²) in [5.74, 6) is 0.805. The second-order valence-electron chi connectivity index (χ2n) is 6.33. The number of hydrogen-bond donors (Lipinski definition) is 1. The highest BCUT2D eigenvalue weighted by Gasteiger charge is 2.33. The fraction of sp³-hybridized carbons (Fsp3) is 0.529. The van der Waals surface area contributed by atoms with Crippen molar-refractivity contribution >= 4 is 23.1 Å². The van der Waals surface area contributed by atoms with Gasteiger partial charge in [-0.1, -0.05) is 6.07 Å². The van der Waals surface area contributed by atoms with Gasteiger partial charge < -0.3 is 5.32 Å². The summed E-state index contributed by atoms with van der Waals surface area (Å²) in [5, 5.41) is 9.42. The minimum Gasteiger partial charge on any atom is -0.310 e. The first kappa shape index (κ1) is 16.2. The van der Waals surface area contributed by atoms with Crippen LogP contribution in [0.5, 0.6) is 0 Å². The van der Waals surface area contributed by atoms with E-state index in [0.29, 0.717) is 6.04 Å². The number of nitrogens with zero attached hydrogens (tertiary/aromatic N) is 3. The van der Waals surface area contributed by atoms with Crippen LogP contribution in [-0.2, 0) is 4.79 Å². The number of anilines is 1. The van der Waals surface area contributed by atoms with Crippen molar-refractivity contribution in [3.8, 4) is 0 Å². The van der Waals surface area contributed by atoms with Crippen LogP contribution in [0.2, 0.25) is 0 Å². The number of hydrogen-bond acceptors (Lipinski definition) is 4. The molecule has 2 unspecified atom stereocenters. The normalized spacial score (nSPS) is 20.1. The van der Waals surface area contributed by atoms with E-state index >= 15 is 0 Å². The Hall–Kier alpha value is -1.66. The highest BCUT2D eigenvalue weighted by molar-refractivity contribution is 7.10. The Labute approximate surface area is 141 Å². The van der Waals surface area contributed by atoms with E-state index < -0.39 is 0 Å². The van der Waals surface area contributed by atoms with Gasteiger partial charge in [0.1, 0.15) is 5.82 Å². The van der Waals surface area contributed by atoms with Crippen LogP contribution in [0.4, 0.5) is 5.82 Å². The maximum Gasteiger partial charge on any atom is 0.242 e. The lowest BCUT2D eigenvalue weighted by Gasteiger charge is -2.29. The van der Waals surface area contributed by atoms with Gasteiger partial charge in [-0.15, -0.1) is 11.3 Å². The fourth-order valence-electron chi connectivity index (χ4n) is 3.25. The van der Waals surface area contributed by atoms with E-state index in [4.69, 9.17) is 0 Å². The first-order valence-corrected chi connectivity index (χ1v) is 9.09. The number of rotatable bonds is 5. The highest BCUT2D eigenvalue weighted by Crippen LogP contribution is 2.36. The Morgan fingerprint density at radius 3 is 2.91 bits per heavy atom. The van der Waals surface area contributed by atoms with E-state index in [1.165, 1.54) is 4.88 Å². The number of nitrogens with one attached hydrogen (secondary N) is 1. The molecule has 1 saturated heterocycles. The molecule has 0 aliphatic carbocycles. The molecule has 6 heteroatoms. The Morgan fingerprint density at radius 2 is 2.22 bits per heavy atom. The zero-order valence-corrected chi connectivity index (χ0v) is 14.7. The van der Waals surface area contributed by atoms with Gasteiger partial charge in [0.25, 0.3) is 0 Å². The monoisotopic (exact) mass is 332 g/mol. The zero-order valence-electron chi connectivity index (χ0n) is 13.9. The average Bonchev–Trinajstić information content (AvgIpc) is 3.26. The summed E-state index contributed by atoms with van der Waals surface area (Å²) in [7, 11) is 0. The standard InChI is InChI=1S/C17H24N4OS/c1-12(2)21-16(8-9-18-21)19-17(22)13(3)20-10-4-6-14(20)15-7-5-11-23-15/h5,7-9,11-14H,4,6,10H2,1-3H3,(H,19,22). The molecule has 5 nitrogen and oxygen atoms in total. The van der Waals surface area contributed by atoms with Crippen molar-refractivity contribution in [2.75, 3.05) is 11.9 Å². The highest BCUT2D eigenvalue weighted by atomic mass is 32.1. The van der Waals surface area contributed by atoms with E-state index in [9.17, 15) is 4.79 Å². The lowest BCUT2D eigenvalue weighted by Crippen LogP contribution is -2.41. The van der Waals surface area contributed by atoms with Crippen LogP contribution in [0.15, 0.2) is 29.8 Å². The third kappa shape index (κ3) is 3.33.